The van der Waals surface area contributed by atoms with Crippen LogP contribution in [0.4, 0.5) is 11.5 Å². The predicted molar refractivity (Wildman–Crippen MR) is 105 cm³/mol. The molecule has 0 amide bonds. The molecule has 0 fully saturated rings. The maximum atomic E-state index is 9.55. The highest BCUT2D eigenvalue weighted by molar-refractivity contribution is 6.62. The number of nitrogens with one attached hydrogen (secondary N) is 1. The lowest BCUT2D eigenvalue weighted by atomic mass is 9.78. The Hall–Kier alpha value is -2.08. The van der Waals surface area contributed by atoms with E-state index < -0.39 is 7.12 Å². The van der Waals surface area contributed by atoms with Gasteiger partial charge >= 0.3 is 7.12 Å². The number of hydrogen-bond acceptors (Lipinski definition) is 4. The van der Waals surface area contributed by atoms with Crippen LogP contribution in [0, 0.1) is 0 Å². The molecule has 3 aromatic rings. The van der Waals surface area contributed by atoms with E-state index in [1.807, 2.05) is 12.1 Å². The molecule has 4 nitrogen and oxygen atoms in total. The third-order valence-corrected chi connectivity index (χ3v) is 4.50. The predicted octanol–water partition coefficient (Wildman–Crippen LogP) is 3.61. The van der Waals surface area contributed by atoms with Crippen molar-refractivity contribution in [1.29, 1.82) is 0 Å². The SMILES string of the molecule is CC(C)(C)c1ccc(Nc2ncc(B(O)O)c3cccc(Cl)c23)cc1. The molecule has 25 heavy (non-hydrogen) atoms. The Morgan fingerprint density at radius 3 is 2.32 bits per heavy atom. The lowest BCUT2D eigenvalue weighted by molar-refractivity contribution is 0.426. The average Bonchev–Trinajstić information content (AvgIpc) is 2.54. The number of hydrogen-bond donors (Lipinski definition) is 3. The van der Waals surface area contributed by atoms with Gasteiger partial charge in [0.1, 0.15) is 5.82 Å². The van der Waals surface area contributed by atoms with Gasteiger partial charge < -0.3 is 15.4 Å². The number of rotatable bonds is 3. The molecular formula is C19H20BClN2O2. The van der Waals surface area contributed by atoms with E-state index in [4.69, 9.17) is 11.6 Å². The van der Waals surface area contributed by atoms with E-state index in [0.717, 1.165) is 5.69 Å². The minimum atomic E-state index is -1.60. The Balaban J connectivity index is 2.04. The number of aromatic nitrogens is 1. The highest BCUT2D eigenvalue weighted by Crippen LogP contribution is 2.31. The average molecular weight is 355 g/mol. The lowest BCUT2D eigenvalue weighted by Crippen LogP contribution is -2.31. The molecule has 128 valence electrons. The molecule has 0 aliphatic carbocycles. The molecule has 0 aliphatic rings. The first-order valence-electron chi connectivity index (χ1n) is 8.08. The van der Waals surface area contributed by atoms with Crippen molar-refractivity contribution in [2.24, 2.45) is 0 Å². The summed E-state index contributed by atoms with van der Waals surface area (Å²) in [5.41, 5.74) is 2.55. The van der Waals surface area contributed by atoms with Gasteiger partial charge in [0.2, 0.25) is 0 Å². The van der Waals surface area contributed by atoms with Crippen LogP contribution in [0.25, 0.3) is 10.8 Å². The number of pyridine rings is 1. The second-order valence-electron chi connectivity index (χ2n) is 7.05. The standard InChI is InChI=1S/C19H20BClN2O2/c1-19(2,3)12-7-9-13(10-8-12)23-18-17-14(5-4-6-16(17)21)15(11-22-18)20(24)25/h4-11,24-25H,1-3H3,(H,22,23). The summed E-state index contributed by atoms with van der Waals surface area (Å²) in [5.74, 6) is 0.577. The van der Waals surface area contributed by atoms with Gasteiger partial charge in [-0.25, -0.2) is 4.98 Å². The first-order chi connectivity index (χ1) is 11.8. The molecule has 0 radical (unpaired) electrons. The fourth-order valence-corrected chi connectivity index (χ4v) is 3.03. The van der Waals surface area contributed by atoms with Gasteiger partial charge in [-0.15, -0.1) is 0 Å². The second kappa shape index (κ2) is 6.67. The lowest BCUT2D eigenvalue weighted by Gasteiger charge is -2.19. The van der Waals surface area contributed by atoms with Crippen molar-refractivity contribution in [1.82, 2.24) is 4.98 Å². The monoisotopic (exact) mass is 354 g/mol. The molecule has 1 heterocycles. The Bertz CT molecular complexity index is 906. The van der Waals surface area contributed by atoms with Crippen LogP contribution in [0.3, 0.4) is 0 Å². The van der Waals surface area contributed by atoms with Gasteiger partial charge in [-0.3, -0.25) is 0 Å². The fraction of sp³-hybridized carbons (Fsp3) is 0.211. The molecule has 0 bridgehead atoms. The van der Waals surface area contributed by atoms with Crippen LogP contribution in [-0.4, -0.2) is 22.2 Å². The molecule has 2 aromatic carbocycles. The smallest absolute Gasteiger partial charge is 0.423 e. The molecule has 0 spiro atoms. The van der Waals surface area contributed by atoms with E-state index in [9.17, 15) is 10.0 Å². The molecular weight excluding hydrogens is 334 g/mol. The quantitative estimate of drug-likeness (QED) is 0.629. The normalized spacial score (nSPS) is 11.6. The fourth-order valence-electron chi connectivity index (χ4n) is 2.76. The molecule has 6 heteroatoms. The Kier molecular flexibility index (Phi) is 4.74. The number of benzene rings is 2. The summed E-state index contributed by atoms with van der Waals surface area (Å²) in [6.07, 6.45) is 1.45. The first kappa shape index (κ1) is 17.7. The van der Waals surface area contributed by atoms with Gasteiger partial charge in [-0.1, -0.05) is 56.6 Å². The number of nitrogens with zero attached hydrogens (tertiary/aromatic N) is 1. The summed E-state index contributed by atoms with van der Waals surface area (Å²) >= 11 is 6.35. The molecule has 3 rings (SSSR count). The third-order valence-electron chi connectivity index (χ3n) is 4.19. The van der Waals surface area contributed by atoms with Crippen LogP contribution in [0.1, 0.15) is 26.3 Å². The van der Waals surface area contributed by atoms with E-state index in [2.05, 4.69) is 43.2 Å². The topological polar surface area (TPSA) is 65.4 Å². The number of anilines is 2. The van der Waals surface area contributed by atoms with Crippen molar-refractivity contribution in [3.63, 3.8) is 0 Å². The third kappa shape index (κ3) is 3.64. The Morgan fingerprint density at radius 2 is 1.72 bits per heavy atom. The molecule has 0 saturated heterocycles. The Morgan fingerprint density at radius 1 is 1.04 bits per heavy atom. The van der Waals surface area contributed by atoms with Crippen molar-refractivity contribution in [2.45, 2.75) is 26.2 Å². The van der Waals surface area contributed by atoms with E-state index >= 15 is 0 Å². The zero-order valence-electron chi connectivity index (χ0n) is 14.4. The zero-order chi connectivity index (χ0) is 18.2. The molecule has 0 unspecified atom stereocenters. The van der Waals surface area contributed by atoms with Crippen LogP contribution in [0.2, 0.25) is 5.02 Å². The van der Waals surface area contributed by atoms with E-state index in [1.54, 1.807) is 18.2 Å². The molecule has 1 aromatic heterocycles. The van der Waals surface area contributed by atoms with Crippen LogP contribution in [-0.2, 0) is 5.41 Å². The summed E-state index contributed by atoms with van der Waals surface area (Å²) in [4.78, 5) is 4.34. The van der Waals surface area contributed by atoms with Crippen molar-refractivity contribution >= 4 is 46.5 Å². The van der Waals surface area contributed by atoms with Gasteiger partial charge in [-0.05, 0) is 34.6 Å². The molecule has 0 aliphatic heterocycles. The van der Waals surface area contributed by atoms with Crippen LogP contribution >= 0.6 is 11.6 Å². The van der Waals surface area contributed by atoms with Crippen LogP contribution < -0.4 is 10.8 Å². The summed E-state index contributed by atoms with van der Waals surface area (Å²) in [6.45, 7) is 6.51. The maximum Gasteiger partial charge on any atom is 0.490 e. The summed E-state index contributed by atoms with van der Waals surface area (Å²) in [6, 6.07) is 13.5. The first-order valence-corrected chi connectivity index (χ1v) is 8.46. The second-order valence-corrected chi connectivity index (χ2v) is 7.46. The van der Waals surface area contributed by atoms with Gasteiger partial charge in [0.25, 0.3) is 0 Å². The maximum absolute atomic E-state index is 9.55. The highest BCUT2D eigenvalue weighted by Gasteiger charge is 2.19. The molecule has 3 N–H and O–H groups in total. The molecule has 0 saturated carbocycles. The summed E-state index contributed by atoms with van der Waals surface area (Å²) < 4.78 is 0. The minimum absolute atomic E-state index is 0.0890. The highest BCUT2D eigenvalue weighted by atomic mass is 35.5. The largest absolute Gasteiger partial charge is 0.490 e. The summed E-state index contributed by atoms with van der Waals surface area (Å²) in [5, 5.41) is 24.2. The van der Waals surface area contributed by atoms with Crippen molar-refractivity contribution in [3.05, 3.63) is 59.2 Å². The summed E-state index contributed by atoms with van der Waals surface area (Å²) in [7, 11) is -1.60. The van der Waals surface area contributed by atoms with E-state index in [0.29, 0.717) is 27.1 Å². The number of fused-ring (bicyclic) bond motifs is 1. The number of halogens is 1. The van der Waals surface area contributed by atoms with Crippen LogP contribution in [0.5, 0.6) is 0 Å². The minimum Gasteiger partial charge on any atom is -0.423 e. The van der Waals surface area contributed by atoms with Crippen molar-refractivity contribution < 1.29 is 10.0 Å². The van der Waals surface area contributed by atoms with Crippen molar-refractivity contribution in [2.75, 3.05) is 5.32 Å². The van der Waals surface area contributed by atoms with Gasteiger partial charge in [0.15, 0.2) is 0 Å². The van der Waals surface area contributed by atoms with E-state index in [-0.39, 0.29) is 5.41 Å². The van der Waals surface area contributed by atoms with Gasteiger partial charge in [0, 0.05) is 22.7 Å². The Labute approximate surface area is 152 Å². The molecule has 0 atom stereocenters. The van der Waals surface area contributed by atoms with Crippen molar-refractivity contribution in [3.8, 4) is 0 Å². The van der Waals surface area contributed by atoms with Gasteiger partial charge in [-0.2, -0.15) is 0 Å². The zero-order valence-corrected chi connectivity index (χ0v) is 15.2. The van der Waals surface area contributed by atoms with E-state index in [1.165, 1.54) is 11.8 Å². The van der Waals surface area contributed by atoms with Crippen LogP contribution in [0.15, 0.2) is 48.7 Å². The van der Waals surface area contributed by atoms with Gasteiger partial charge in [0.05, 0.1) is 5.02 Å².